The van der Waals surface area contributed by atoms with E-state index in [1.54, 1.807) is 0 Å². The summed E-state index contributed by atoms with van der Waals surface area (Å²) in [6.45, 7) is 3.34. The number of unbranched alkanes of at least 4 members (excludes halogenated alkanes) is 12. The second-order valence-corrected chi connectivity index (χ2v) is 14.4. The van der Waals surface area contributed by atoms with E-state index in [4.69, 9.17) is 14.9 Å². The third kappa shape index (κ3) is 37.2. The molecule has 0 bridgehead atoms. The van der Waals surface area contributed by atoms with Gasteiger partial charge in [0.2, 0.25) is 11.8 Å². The van der Waals surface area contributed by atoms with Crippen molar-refractivity contribution in [2.24, 2.45) is 0 Å². The van der Waals surface area contributed by atoms with Crippen LogP contribution in [0, 0.1) is 0 Å². The molecule has 0 radical (unpaired) electrons. The summed E-state index contributed by atoms with van der Waals surface area (Å²) in [7, 11) is 0. The zero-order valence-electron chi connectivity index (χ0n) is 35.1. The number of hydrogen-bond acceptors (Lipinski definition) is 6. The van der Waals surface area contributed by atoms with Crippen LogP contribution in [0.3, 0.4) is 0 Å². The van der Waals surface area contributed by atoms with E-state index in [1.165, 1.54) is 38.5 Å². The largest absolute Gasteiger partial charge is 0.480 e. The minimum absolute atomic E-state index is 0.0772. The lowest BCUT2D eigenvalue weighted by atomic mass is 10.0. The van der Waals surface area contributed by atoms with Crippen LogP contribution in [0.4, 0.5) is 0 Å². The van der Waals surface area contributed by atoms with E-state index in [9.17, 15) is 19.2 Å². The minimum Gasteiger partial charge on any atom is -0.480 e. The van der Waals surface area contributed by atoms with Gasteiger partial charge in [-0.1, -0.05) is 138 Å². The normalized spacial score (nSPS) is 13.2. The van der Waals surface area contributed by atoms with Crippen LogP contribution in [-0.2, 0) is 23.9 Å². The molecule has 2 amide bonds. The van der Waals surface area contributed by atoms with Gasteiger partial charge in [0.15, 0.2) is 0 Å². The number of aliphatic carboxylic acids is 1. The van der Waals surface area contributed by atoms with Crippen LogP contribution in [0.1, 0.15) is 174 Å². The number of nitrogens with one attached hydrogen (secondary N) is 2. The Kier molecular flexibility index (Phi) is 38.2. The van der Waals surface area contributed by atoms with Crippen molar-refractivity contribution in [3.8, 4) is 0 Å². The predicted octanol–water partition coefficient (Wildman–Crippen LogP) is 10.7. The highest BCUT2D eigenvalue weighted by atomic mass is 16.5. The number of aliphatic hydroxyl groups is 1. The number of esters is 1. The van der Waals surface area contributed by atoms with Gasteiger partial charge in [0.05, 0.1) is 13.2 Å². The molecule has 2 unspecified atom stereocenters. The Morgan fingerprint density at radius 1 is 0.554 bits per heavy atom. The number of carbonyl (C=O) groups excluding carboxylic acids is 3. The van der Waals surface area contributed by atoms with Crippen LogP contribution in [0.15, 0.2) is 72.9 Å². The summed E-state index contributed by atoms with van der Waals surface area (Å²) >= 11 is 0. The van der Waals surface area contributed by atoms with Crippen LogP contribution < -0.4 is 10.6 Å². The van der Waals surface area contributed by atoms with Crippen LogP contribution in [-0.4, -0.2) is 59.3 Å². The number of amides is 2. The van der Waals surface area contributed by atoms with Gasteiger partial charge in [0, 0.05) is 12.8 Å². The SMILES string of the molecule is CC/C=C\C/C=C\C/C=C\C/C=C\C/C=C\CCCC(=O)OC(CCC/C=C\CCCCCCCC)CCCCCCCC(=O)NCC(=O)NC(CO)C(=O)O. The average molecular weight is 783 g/mol. The fourth-order valence-electron chi connectivity index (χ4n) is 5.87. The fourth-order valence-corrected chi connectivity index (χ4v) is 5.87. The second-order valence-electron chi connectivity index (χ2n) is 14.4. The molecule has 0 aliphatic heterocycles. The van der Waals surface area contributed by atoms with E-state index in [2.05, 4.69) is 97.4 Å². The molecule has 0 saturated carbocycles. The molecule has 0 aromatic carbocycles. The van der Waals surface area contributed by atoms with Crippen molar-refractivity contribution in [2.45, 2.75) is 187 Å². The van der Waals surface area contributed by atoms with Crippen molar-refractivity contribution in [3.63, 3.8) is 0 Å². The average Bonchev–Trinajstić information content (AvgIpc) is 3.18. The first-order chi connectivity index (χ1) is 27.3. The molecular weight excluding hydrogens is 705 g/mol. The lowest BCUT2D eigenvalue weighted by Crippen LogP contribution is -2.47. The molecule has 0 saturated heterocycles. The van der Waals surface area contributed by atoms with Gasteiger partial charge in [-0.2, -0.15) is 0 Å². The Balaban J connectivity index is 4.44. The number of rotatable bonds is 38. The fraction of sp³-hybridized carbons (Fsp3) is 0.660. The van der Waals surface area contributed by atoms with Gasteiger partial charge in [-0.25, -0.2) is 4.79 Å². The highest BCUT2D eigenvalue weighted by Crippen LogP contribution is 2.17. The first-order valence-electron chi connectivity index (χ1n) is 21.8. The van der Waals surface area contributed by atoms with Gasteiger partial charge in [-0.05, 0) is 96.3 Å². The number of hydrogen-bond donors (Lipinski definition) is 4. The number of allylic oxidation sites excluding steroid dienone is 12. The van der Waals surface area contributed by atoms with E-state index in [0.29, 0.717) is 12.8 Å². The van der Waals surface area contributed by atoms with E-state index >= 15 is 0 Å². The van der Waals surface area contributed by atoms with Crippen molar-refractivity contribution in [1.29, 1.82) is 0 Å². The smallest absolute Gasteiger partial charge is 0.328 e. The maximum atomic E-state index is 12.8. The lowest BCUT2D eigenvalue weighted by Gasteiger charge is -2.18. The molecule has 0 rings (SSSR count). The van der Waals surface area contributed by atoms with Crippen molar-refractivity contribution < 1.29 is 34.1 Å². The topological polar surface area (TPSA) is 142 Å². The summed E-state index contributed by atoms with van der Waals surface area (Å²) in [6.07, 6.45) is 50.7. The molecule has 9 heteroatoms. The molecule has 4 N–H and O–H groups in total. The number of aliphatic hydroxyl groups excluding tert-OH is 1. The molecule has 0 aliphatic carbocycles. The molecule has 0 aromatic heterocycles. The molecule has 0 spiro atoms. The van der Waals surface area contributed by atoms with Gasteiger partial charge < -0.3 is 25.6 Å². The van der Waals surface area contributed by atoms with Crippen molar-refractivity contribution in [3.05, 3.63) is 72.9 Å². The van der Waals surface area contributed by atoms with E-state index in [0.717, 1.165) is 103 Å². The standard InChI is InChI=1S/C47H78N2O7/c1-3-5-7-9-11-13-15-16-17-18-19-20-22-24-26-31-35-39-46(53)56-42(36-32-28-25-23-21-14-12-10-8-6-4-2)37-33-29-27-30-34-38-44(51)48-40-45(52)49-43(41-50)47(54)55/h5,7,11,13,16-17,19-20,23-26,42-43,50H,3-4,6,8-10,12,14-15,18,21-22,27-41H2,1-2H3,(H,48,51)(H,49,52)(H,54,55)/b7-5-,13-11-,17-16-,20-19-,25-23-,26-24-. The van der Waals surface area contributed by atoms with Gasteiger partial charge in [-0.3, -0.25) is 14.4 Å². The van der Waals surface area contributed by atoms with Crippen LogP contribution >= 0.6 is 0 Å². The number of carbonyl (C=O) groups is 4. The number of carboxylic acids is 1. The summed E-state index contributed by atoms with van der Waals surface area (Å²) in [6, 6.07) is -1.39. The van der Waals surface area contributed by atoms with E-state index in [1.807, 2.05) is 0 Å². The van der Waals surface area contributed by atoms with E-state index in [-0.39, 0.29) is 30.9 Å². The molecule has 0 aliphatic rings. The third-order valence-corrected chi connectivity index (χ3v) is 9.19. The Labute approximate surface area is 340 Å². The lowest BCUT2D eigenvalue weighted by molar-refractivity contribution is -0.150. The molecule has 2 atom stereocenters. The Morgan fingerprint density at radius 2 is 1.05 bits per heavy atom. The van der Waals surface area contributed by atoms with E-state index < -0.39 is 24.5 Å². The Hall–Kier alpha value is -3.72. The summed E-state index contributed by atoms with van der Waals surface area (Å²) in [4.78, 5) is 47.5. The van der Waals surface area contributed by atoms with Gasteiger partial charge >= 0.3 is 11.9 Å². The van der Waals surface area contributed by atoms with Gasteiger partial charge in [0.1, 0.15) is 12.1 Å². The molecule has 318 valence electrons. The van der Waals surface area contributed by atoms with Gasteiger partial charge in [0.25, 0.3) is 0 Å². The molecule has 0 aromatic rings. The molecule has 9 nitrogen and oxygen atoms in total. The maximum absolute atomic E-state index is 12.8. The number of ether oxygens (including phenoxy) is 1. The molecule has 56 heavy (non-hydrogen) atoms. The summed E-state index contributed by atoms with van der Waals surface area (Å²) in [5, 5.41) is 22.5. The first-order valence-corrected chi connectivity index (χ1v) is 21.8. The highest BCUT2D eigenvalue weighted by molar-refractivity contribution is 5.87. The summed E-state index contributed by atoms with van der Waals surface area (Å²) in [5.41, 5.74) is 0. The zero-order chi connectivity index (χ0) is 41.2. The monoisotopic (exact) mass is 783 g/mol. The second kappa shape index (κ2) is 40.9. The zero-order valence-corrected chi connectivity index (χ0v) is 35.1. The molecule has 0 fully saturated rings. The highest BCUT2D eigenvalue weighted by Gasteiger charge is 2.19. The first kappa shape index (κ1) is 52.3. The maximum Gasteiger partial charge on any atom is 0.328 e. The van der Waals surface area contributed by atoms with Crippen LogP contribution in [0.5, 0.6) is 0 Å². The van der Waals surface area contributed by atoms with Crippen molar-refractivity contribution in [2.75, 3.05) is 13.2 Å². The third-order valence-electron chi connectivity index (χ3n) is 9.19. The predicted molar refractivity (Wildman–Crippen MR) is 231 cm³/mol. The Bertz CT molecular complexity index is 1170. The molecule has 0 heterocycles. The number of carboxylic acid groups (broad SMARTS) is 1. The summed E-state index contributed by atoms with van der Waals surface area (Å²) in [5.74, 6) is -2.39. The summed E-state index contributed by atoms with van der Waals surface area (Å²) < 4.78 is 5.98. The van der Waals surface area contributed by atoms with Gasteiger partial charge in [-0.15, -0.1) is 0 Å². The quantitative estimate of drug-likeness (QED) is 0.0277. The Morgan fingerprint density at radius 3 is 1.66 bits per heavy atom. The van der Waals surface area contributed by atoms with Crippen molar-refractivity contribution in [1.82, 2.24) is 10.6 Å². The molecular formula is C47H78N2O7. The minimum atomic E-state index is -1.39. The van der Waals surface area contributed by atoms with Crippen molar-refractivity contribution >= 4 is 23.8 Å². The van der Waals surface area contributed by atoms with Crippen LogP contribution in [0.2, 0.25) is 0 Å². The van der Waals surface area contributed by atoms with Crippen LogP contribution in [0.25, 0.3) is 0 Å².